The zero-order valence-electron chi connectivity index (χ0n) is 10.5. The average Bonchev–Trinajstić information content (AvgIpc) is 2.27. The Balaban J connectivity index is 2.49. The molecule has 0 radical (unpaired) electrons. The van der Waals surface area contributed by atoms with Gasteiger partial charge in [0.25, 0.3) is 0 Å². The largest absolute Gasteiger partial charge is 0.367 e. The molecule has 4 nitrogen and oxygen atoms in total. The molecule has 90 valence electrons. The number of unbranched alkanes of at least 4 members (excludes halogenated alkanes) is 1. The minimum Gasteiger partial charge on any atom is -0.367 e. The fraction of sp³-hybridized carbons (Fsp3) is 0.667. The summed E-state index contributed by atoms with van der Waals surface area (Å²) in [4.78, 5) is 8.51. The van der Waals surface area contributed by atoms with E-state index in [0.29, 0.717) is 12.0 Å². The third-order valence-electron chi connectivity index (χ3n) is 2.38. The van der Waals surface area contributed by atoms with Gasteiger partial charge in [0.2, 0.25) is 5.95 Å². The van der Waals surface area contributed by atoms with Gasteiger partial charge in [-0.2, -0.15) is 4.98 Å². The first-order valence-corrected chi connectivity index (χ1v) is 6.09. The molecule has 2 N–H and O–H groups in total. The summed E-state index contributed by atoms with van der Waals surface area (Å²) < 4.78 is 0. The van der Waals surface area contributed by atoms with Gasteiger partial charge in [-0.3, -0.25) is 0 Å². The molecule has 0 saturated carbocycles. The molecule has 0 aliphatic rings. The SMILES string of the molecule is CCCCC(C)Nc1ccnc(NCC)n1. The van der Waals surface area contributed by atoms with Gasteiger partial charge in [0.05, 0.1) is 0 Å². The first-order chi connectivity index (χ1) is 7.76. The van der Waals surface area contributed by atoms with Gasteiger partial charge < -0.3 is 10.6 Å². The molecule has 0 fully saturated rings. The summed E-state index contributed by atoms with van der Waals surface area (Å²) in [5.41, 5.74) is 0. The van der Waals surface area contributed by atoms with Crippen LogP contribution in [0.25, 0.3) is 0 Å². The summed E-state index contributed by atoms with van der Waals surface area (Å²) in [6.07, 6.45) is 5.44. The van der Waals surface area contributed by atoms with E-state index >= 15 is 0 Å². The maximum absolute atomic E-state index is 4.38. The second-order valence-electron chi connectivity index (χ2n) is 3.98. The van der Waals surface area contributed by atoms with E-state index in [4.69, 9.17) is 0 Å². The van der Waals surface area contributed by atoms with Crippen molar-refractivity contribution in [3.63, 3.8) is 0 Å². The summed E-state index contributed by atoms with van der Waals surface area (Å²) in [5.74, 6) is 1.59. The molecule has 1 rings (SSSR count). The van der Waals surface area contributed by atoms with Crippen LogP contribution in [0, 0.1) is 0 Å². The van der Waals surface area contributed by atoms with Gasteiger partial charge in [0.1, 0.15) is 5.82 Å². The number of hydrogen-bond donors (Lipinski definition) is 2. The summed E-state index contributed by atoms with van der Waals surface area (Å²) in [7, 11) is 0. The molecule has 0 amide bonds. The fourth-order valence-corrected chi connectivity index (χ4v) is 1.52. The summed E-state index contributed by atoms with van der Waals surface area (Å²) in [6.45, 7) is 7.27. The number of rotatable bonds is 7. The van der Waals surface area contributed by atoms with Crippen LogP contribution in [0.2, 0.25) is 0 Å². The highest BCUT2D eigenvalue weighted by atomic mass is 15.1. The van der Waals surface area contributed by atoms with E-state index < -0.39 is 0 Å². The van der Waals surface area contributed by atoms with Gasteiger partial charge in [-0.15, -0.1) is 0 Å². The molecule has 0 aliphatic heterocycles. The second-order valence-corrected chi connectivity index (χ2v) is 3.98. The van der Waals surface area contributed by atoms with E-state index in [-0.39, 0.29) is 0 Å². The minimum atomic E-state index is 0.462. The molecule has 0 bridgehead atoms. The minimum absolute atomic E-state index is 0.462. The van der Waals surface area contributed by atoms with Crippen molar-refractivity contribution in [2.75, 3.05) is 17.2 Å². The fourth-order valence-electron chi connectivity index (χ4n) is 1.52. The third kappa shape index (κ3) is 4.47. The van der Waals surface area contributed by atoms with Gasteiger partial charge in [-0.25, -0.2) is 4.98 Å². The molecule has 1 atom stereocenters. The maximum Gasteiger partial charge on any atom is 0.224 e. The number of nitrogens with zero attached hydrogens (tertiary/aromatic N) is 2. The summed E-state index contributed by atoms with van der Waals surface area (Å²) in [5, 5.41) is 6.49. The normalized spacial score (nSPS) is 12.2. The second kappa shape index (κ2) is 7.04. The predicted octanol–water partition coefficient (Wildman–Crippen LogP) is 2.90. The Morgan fingerprint density at radius 3 is 2.88 bits per heavy atom. The first kappa shape index (κ1) is 12.7. The third-order valence-corrected chi connectivity index (χ3v) is 2.38. The number of anilines is 2. The van der Waals surface area contributed by atoms with Crippen molar-refractivity contribution in [2.24, 2.45) is 0 Å². The van der Waals surface area contributed by atoms with E-state index in [9.17, 15) is 0 Å². The lowest BCUT2D eigenvalue weighted by Crippen LogP contribution is -2.16. The van der Waals surface area contributed by atoms with E-state index in [2.05, 4.69) is 34.4 Å². The molecule has 1 heterocycles. The standard InChI is InChI=1S/C12H22N4/c1-4-6-7-10(3)15-11-8-9-14-12(16-11)13-5-2/h8-10H,4-7H2,1-3H3,(H2,13,14,15,16). The Morgan fingerprint density at radius 1 is 1.38 bits per heavy atom. The van der Waals surface area contributed by atoms with Crippen molar-refractivity contribution in [3.8, 4) is 0 Å². The topological polar surface area (TPSA) is 49.8 Å². The van der Waals surface area contributed by atoms with Gasteiger partial charge >= 0.3 is 0 Å². The smallest absolute Gasteiger partial charge is 0.224 e. The molecular formula is C12H22N4. The van der Waals surface area contributed by atoms with Crippen LogP contribution in [0.15, 0.2) is 12.3 Å². The van der Waals surface area contributed by atoms with Crippen molar-refractivity contribution in [3.05, 3.63) is 12.3 Å². The van der Waals surface area contributed by atoms with Crippen LogP contribution in [-0.2, 0) is 0 Å². The Hall–Kier alpha value is -1.32. The molecular weight excluding hydrogens is 200 g/mol. The Labute approximate surface area is 97.9 Å². The quantitative estimate of drug-likeness (QED) is 0.744. The molecule has 1 aromatic rings. The van der Waals surface area contributed by atoms with E-state index in [1.807, 2.05) is 13.0 Å². The Morgan fingerprint density at radius 2 is 2.19 bits per heavy atom. The number of nitrogens with one attached hydrogen (secondary N) is 2. The number of hydrogen-bond acceptors (Lipinski definition) is 4. The van der Waals surface area contributed by atoms with Crippen LogP contribution in [0.3, 0.4) is 0 Å². The maximum atomic E-state index is 4.38. The first-order valence-electron chi connectivity index (χ1n) is 6.09. The predicted molar refractivity (Wildman–Crippen MR) is 68.8 cm³/mol. The van der Waals surface area contributed by atoms with Crippen LogP contribution in [0.5, 0.6) is 0 Å². The van der Waals surface area contributed by atoms with Gasteiger partial charge in [-0.1, -0.05) is 19.8 Å². The lowest BCUT2D eigenvalue weighted by molar-refractivity contribution is 0.643. The highest BCUT2D eigenvalue weighted by molar-refractivity contribution is 5.40. The molecule has 0 aliphatic carbocycles. The van der Waals surface area contributed by atoms with Gasteiger partial charge in [0.15, 0.2) is 0 Å². The monoisotopic (exact) mass is 222 g/mol. The van der Waals surface area contributed by atoms with Crippen LogP contribution in [0.4, 0.5) is 11.8 Å². The van der Waals surface area contributed by atoms with Crippen molar-refractivity contribution in [1.82, 2.24) is 9.97 Å². The lowest BCUT2D eigenvalue weighted by Gasteiger charge is -2.14. The zero-order chi connectivity index (χ0) is 11.8. The number of aromatic nitrogens is 2. The van der Waals surface area contributed by atoms with Gasteiger partial charge in [-0.05, 0) is 26.3 Å². The highest BCUT2D eigenvalue weighted by Crippen LogP contribution is 2.10. The molecule has 16 heavy (non-hydrogen) atoms. The zero-order valence-corrected chi connectivity index (χ0v) is 10.5. The highest BCUT2D eigenvalue weighted by Gasteiger charge is 2.03. The summed E-state index contributed by atoms with van der Waals surface area (Å²) in [6, 6.07) is 2.37. The van der Waals surface area contributed by atoms with Crippen LogP contribution >= 0.6 is 0 Å². The molecule has 1 unspecified atom stereocenters. The Bertz CT molecular complexity index is 301. The molecule has 4 heteroatoms. The van der Waals surface area contributed by atoms with Crippen LogP contribution in [0.1, 0.15) is 40.0 Å². The van der Waals surface area contributed by atoms with Gasteiger partial charge in [0, 0.05) is 18.8 Å². The van der Waals surface area contributed by atoms with E-state index in [1.54, 1.807) is 6.20 Å². The average molecular weight is 222 g/mol. The summed E-state index contributed by atoms with van der Waals surface area (Å²) >= 11 is 0. The van der Waals surface area contributed by atoms with E-state index in [1.165, 1.54) is 19.3 Å². The van der Waals surface area contributed by atoms with Crippen molar-refractivity contribution >= 4 is 11.8 Å². The van der Waals surface area contributed by atoms with E-state index in [0.717, 1.165) is 12.4 Å². The lowest BCUT2D eigenvalue weighted by atomic mass is 10.1. The molecule has 1 aromatic heterocycles. The van der Waals surface area contributed by atoms with Crippen molar-refractivity contribution in [1.29, 1.82) is 0 Å². The Kier molecular flexibility index (Phi) is 5.61. The molecule has 0 saturated heterocycles. The van der Waals surface area contributed by atoms with Crippen LogP contribution < -0.4 is 10.6 Å². The molecule has 0 aromatic carbocycles. The van der Waals surface area contributed by atoms with Crippen LogP contribution in [-0.4, -0.2) is 22.6 Å². The van der Waals surface area contributed by atoms with Crippen molar-refractivity contribution < 1.29 is 0 Å². The van der Waals surface area contributed by atoms with Crippen molar-refractivity contribution in [2.45, 2.75) is 46.1 Å². The molecule has 0 spiro atoms.